The molecule has 5 heteroatoms. The van der Waals surface area contributed by atoms with Gasteiger partial charge in [-0.25, -0.2) is 0 Å². The minimum absolute atomic E-state index is 0.0657. The Hall–Kier alpha value is -2.14. The van der Waals surface area contributed by atoms with Crippen LogP contribution in [0.4, 0.5) is 0 Å². The molecule has 0 saturated carbocycles. The summed E-state index contributed by atoms with van der Waals surface area (Å²) in [7, 11) is 0. The minimum atomic E-state index is 0.0657. The molecule has 0 spiro atoms. The zero-order chi connectivity index (χ0) is 18.1. The molecule has 3 heterocycles. The van der Waals surface area contributed by atoms with Crippen molar-refractivity contribution in [2.75, 3.05) is 19.6 Å². The van der Waals surface area contributed by atoms with Crippen LogP contribution in [-0.4, -0.2) is 40.2 Å². The highest BCUT2D eigenvalue weighted by molar-refractivity contribution is 5.92. The molecule has 0 radical (unpaired) electrons. The van der Waals surface area contributed by atoms with Crippen LogP contribution in [0.3, 0.4) is 0 Å². The summed E-state index contributed by atoms with van der Waals surface area (Å²) in [5.41, 5.74) is 4.37. The SMILES string of the molecule is Cc1ccc(C)c(C2CCCN2C(=O)c2ccn(C3CCCNC3)n2)c1. The highest BCUT2D eigenvalue weighted by atomic mass is 16.2. The van der Waals surface area contributed by atoms with Gasteiger partial charge in [0.2, 0.25) is 0 Å². The molecule has 0 aliphatic carbocycles. The second-order valence-electron chi connectivity index (χ2n) is 7.70. The van der Waals surface area contributed by atoms with E-state index >= 15 is 0 Å². The van der Waals surface area contributed by atoms with Crippen LogP contribution in [-0.2, 0) is 0 Å². The van der Waals surface area contributed by atoms with Gasteiger partial charge in [0.05, 0.1) is 12.1 Å². The number of aryl methyl sites for hydroxylation is 2. The van der Waals surface area contributed by atoms with Gasteiger partial charge in [-0.3, -0.25) is 9.48 Å². The van der Waals surface area contributed by atoms with Crippen LogP contribution in [0, 0.1) is 13.8 Å². The fourth-order valence-electron chi connectivity index (χ4n) is 4.31. The van der Waals surface area contributed by atoms with Crippen LogP contribution in [0.15, 0.2) is 30.5 Å². The summed E-state index contributed by atoms with van der Waals surface area (Å²) in [5, 5.41) is 8.04. The summed E-state index contributed by atoms with van der Waals surface area (Å²) < 4.78 is 1.97. The molecule has 1 N–H and O–H groups in total. The number of rotatable bonds is 3. The number of likely N-dealkylation sites (tertiary alicyclic amines) is 1. The van der Waals surface area contributed by atoms with Crippen LogP contribution >= 0.6 is 0 Å². The number of benzene rings is 1. The molecule has 0 bridgehead atoms. The molecule has 2 atom stereocenters. The average molecular weight is 352 g/mol. The molecule has 2 aliphatic rings. The van der Waals surface area contributed by atoms with E-state index in [0.717, 1.165) is 45.3 Å². The Morgan fingerprint density at radius 2 is 2.08 bits per heavy atom. The van der Waals surface area contributed by atoms with Crippen LogP contribution in [0.25, 0.3) is 0 Å². The van der Waals surface area contributed by atoms with E-state index in [4.69, 9.17) is 0 Å². The third kappa shape index (κ3) is 3.28. The number of carbonyl (C=O) groups is 1. The van der Waals surface area contributed by atoms with Crippen molar-refractivity contribution in [3.63, 3.8) is 0 Å². The molecule has 26 heavy (non-hydrogen) atoms. The molecular formula is C21H28N4O. The molecule has 2 fully saturated rings. The Morgan fingerprint density at radius 3 is 2.88 bits per heavy atom. The standard InChI is InChI=1S/C21H28N4O/c1-15-7-8-16(2)18(13-15)20-6-4-11-24(20)21(26)19-9-12-25(23-19)17-5-3-10-22-14-17/h7-9,12-13,17,20,22H,3-6,10-11,14H2,1-2H3. The van der Waals surface area contributed by atoms with Gasteiger partial charge >= 0.3 is 0 Å². The Kier molecular flexibility index (Phi) is 4.81. The van der Waals surface area contributed by atoms with E-state index < -0.39 is 0 Å². The molecule has 2 aromatic rings. The predicted octanol–water partition coefficient (Wildman–Crippen LogP) is 3.40. The van der Waals surface area contributed by atoms with E-state index in [1.165, 1.54) is 16.7 Å². The van der Waals surface area contributed by atoms with Crippen LogP contribution < -0.4 is 5.32 Å². The fourth-order valence-corrected chi connectivity index (χ4v) is 4.31. The third-order valence-electron chi connectivity index (χ3n) is 5.78. The maximum absolute atomic E-state index is 13.2. The van der Waals surface area contributed by atoms with E-state index in [0.29, 0.717) is 11.7 Å². The van der Waals surface area contributed by atoms with Gasteiger partial charge in [0.15, 0.2) is 0 Å². The lowest BCUT2D eigenvalue weighted by molar-refractivity contribution is 0.0728. The van der Waals surface area contributed by atoms with Gasteiger partial charge in [0, 0.05) is 19.3 Å². The first-order valence-electron chi connectivity index (χ1n) is 9.77. The first-order valence-corrected chi connectivity index (χ1v) is 9.77. The van der Waals surface area contributed by atoms with E-state index in [1.54, 1.807) is 0 Å². The number of aromatic nitrogens is 2. The lowest BCUT2D eigenvalue weighted by atomic mass is 9.97. The summed E-state index contributed by atoms with van der Waals surface area (Å²) in [5.74, 6) is 0.0657. The van der Waals surface area contributed by atoms with Gasteiger partial charge in [-0.2, -0.15) is 5.10 Å². The zero-order valence-electron chi connectivity index (χ0n) is 15.7. The smallest absolute Gasteiger partial charge is 0.274 e. The number of piperidine rings is 1. The first-order chi connectivity index (χ1) is 12.6. The van der Waals surface area contributed by atoms with Crippen molar-refractivity contribution in [2.45, 2.75) is 51.6 Å². The van der Waals surface area contributed by atoms with Crippen LogP contribution in [0.1, 0.15) is 64.9 Å². The Balaban J connectivity index is 1.55. The number of hydrogen-bond donors (Lipinski definition) is 1. The van der Waals surface area contributed by atoms with Crippen molar-refractivity contribution in [1.82, 2.24) is 20.0 Å². The van der Waals surface area contributed by atoms with Gasteiger partial charge in [-0.15, -0.1) is 0 Å². The summed E-state index contributed by atoms with van der Waals surface area (Å²) in [6.07, 6.45) is 6.33. The maximum atomic E-state index is 13.2. The molecule has 2 aliphatic heterocycles. The number of hydrogen-bond acceptors (Lipinski definition) is 3. The molecule has 4 rings (SSSR count). The Morgan fingerprint density at radius 1 is 1.19 bits per heavy atom. The molecular weight excluding hydrogens is 324 g/mol. The summed E-state index contributed by atoms with van der Waals surface area (Å²) in [4.78, 5) is 15.2. The first kappa shape index (κ1) is 17.3. The second-order valence-corrected chi connectivity index (χ2v) is 7.70. The van der Waals surface area contributed by atoms with Crippen LogP contribution in [0.2, 0.25) is 0 Å². The van der Waals surface area contributed by atoms with Gasteiger partial charge in [0.1, 0.15) is 5.69 Å². The van der Waals surface area contributed by atoms with E-state index in [-0.39, 0.29) is 11.9 Å². The van der Waals surface area contributed by atoms with Crippen molar-refractivity contribution < 1.29 is 4.79 Å². The summed E-state index contributed by atoms with van der Waals surface area (Å²) in [6.45, 7) is 7.08. The summed E-state index contributed by atoms with van der Waals surface area (Å²) >= 11 is 0. The molecule has 1 aromatic carbocycles. The van der Waals surface area contributed by atoms with Crippen molar-refractivity contribution in [3.05, 3.63) is 52.8 Å². The quantitative estimate of drug-likeness (QED) is 0.921. The topological polar surface area (TPSA) is 50.2 Å². The second kappa shape index (κ2) is 7.23. The molecule has 1 aromatic heterocycles. The van der Waals surface area contributed by atoms with Gasteiger partial charge in [-0.05, 0) is 63.3 Å². The van der Waals surface area contributed by atoms with E-state index in [1.807, 2.05) is 21.8 Å². The number of carbonyl (C=O) groups excluding carboxylic acids is 1. The number of nitrogens with one attached hydrogen (secondary N) is 1. The van der Waals surface area contributed by atoms with Crippen LogP contribution in [0.5, 0.6) is 0 Å². The minimum Gasteiger partial charge on any atom is -0.330 e. The van der Waals surface area contributed by atoms with E-state index in [2.05, 4.69) is 42.5 Å². The average Bonchev–Trinajstić information content (AvgIpc) is 3.33. The monoisotopic (exact) mass is 352 g/mol. The van der Waals surface area contributed by atoms with Crippen molar-refractivity contribution in [2.24, 2.45) is 0 Å². The highest BCUT2D eigenvalue weighted by Crippen LogP contribution is 2.35. The van der Waals surface area contributed by atoms with Gasteiger partial charge in [-0.1, -0.05) is 23.8 Å². The number of amides is 1. The zero-order valence-corrected chi connectivity index (χ0v) is 15.7. The van der Waals surface area contributed by atoms with Gasteiger partial charge < -0.3 is 10.2 Å². The molecule has 1 amide bonds. The van der Waals surface area contributed by atoms with Crippen molar-refractivity contribution >= 4 is 5.91 Å². The fraction of sp³-hybridized carbons (Fsp3) is 0.524. The third-order valence-corrected chi connectivity index (χ3v) is 5.78. The molecule has 138 valence electrons. The largest absolute Gasteiger partial charge is 0.330 e. The van der Waals surface area contributed by atoms with Gasteiger partial charge in [0.25, 0.3) is 5.91 Å². The lowest BCUT2D eigenvalue weighted by Crippen LogP contribution is -2.33. The predicted molar refractivity (Wildman–Crippen MR) is 102 cm³/mol. The Bertz CT molecular complexity index is 791. The Labute approximate surface area is 155 Å². The van der Waals surface area contributed by atoms with E-state index in [9.17, 15) is 4.79 Å². The van der Waals surface area contributed by atoms with Crippen molar-refractivity contribution in [1.29, 1.82) is 0 Å². The highest BCUT2D eigenvalue weighted by Gasteiger charge is 2.32. The van der Waals surface area contributed by atoms with Crippen molar-refractivity contribution in [3.8, 4) is 0 Å². The maximum Gasteiger partial charge on any atom is 0.274 e. The molecule has 2 saturated heterocycles. The molecule has 2 unspecified atom stereocenters. The normalized spacial score (nSPS) is 23.4. The number of nitrogens with zero attached hydrogens (tertiary/aromatic N) is 3. The lowest BCUT2D eigenvalue weighted by Gasteiger charge is -2.26. The summed E-state index contributed by atoms with van der Waals surface area (Å²) in [6, 6.07) is 8.95. The molecule has 5 nitrogen and oxygen atoms in total.